The fraction of sp³-hybridized carbons (Fsp3) is 0.231. The Morgan fingerprint density at radius 2 is 2.00 bits per heavy atom. The predicted molar refractivity (Wildman–Crippen MR) is 59.6 cm³/mol. The summed E-state index contributed by atoms with van der Waals surface area (Å²) in [5.74, 6) is -0.187. The highest BCUT2D eigenvalue weighted by atomic mass is 19.1. The molecule has 0 spiro atoms. The van der Waals surface area contributed by atoms with E-state index in [-0.39, 0.29) is 5.82 Å². The molecule has 0 atom stereocenters. The minimum atomic E-state index is -0.187. The highest BCUT2D eigenvalue weighted by molar-refractivity contribution is 5.59. The normalized spacial score (nSPS) is 11.6. The van der Waals surface area contributed by atoms with Gasteiger partial charge in [0.15, 0.2) is 0 Å². The van der Waals surface area contributed by atoms with E-state index in [0.29, 0.717) is 0 Å². The van der Waals surface area contributed by atoms with Gasteiger partial charge in [0.05, 0.1) is 0 Å². The lowest BCUT2D eigenvalue weighted by Gasteiger charge is -2.03. The molecular formula is C13H15F. The van der Waals surface area contributed by atoms with E-state index in [0.717, 1.165) is 22.3 Å². The minimum Gasteiger partial charge on any atom is -0.207 e. The second-order valence-corrected chi connectivity index (χ2v) is 3.61. The maximum absolute atomic E-state index is 12.8. The summed E-state index contributed by atoms with van der Waals surface area (Å²) in [6.07, 6.45) is 2.02. The second kappa shape index (κ2) is 4.23. The van der Waals surface area contributed by atoms with E-state index < -0.39 is 0 Å². The van der Waals surface area contributed by atoms with Gasteiger partial charge < -0.3 is 0 Å². The number of rotatable bonds is 2. The molecule has 0 bridgehead atoms. The molecule has 0 aliphatic carbocycles. The molecule has 74 valence electrons. The van der Waals surface area contributed by atoms with Crippen LogP contribution in [0.25, 0.3) is 6.08 Å². The number of halogens is 1. The van der Waals surface area contributed by atoms with Crippen molar-refractivity contribution in [3.05, 3.63) is 52.9 Å². The summed E-state index contributed by atoms with van der Waals surface area (Å²) in [4.78, 5) is 0. The van der Waals surface area contributed by atoms with Gasteiger partial charge in [-0.1, -0.05) is 24.3 Å². The van der Waals surface area contributed by atoms with Gasteiger partial charge in [0.2, 0.25) is 0 Å². The van der Waals surface area contributed by atoms with Crippen LogP contribution in [0.3, 0.4) is 0 Å². The van der Waals surface area contributed by atoms with Crippen molar-refractivity contribution >= 4 is 6.08 Å². The molecule has 1 heteroatoms. The number of hydrogen-bond acceptors (Lipinski definition) is 0. The van der Waals surface area contributed by atoms with Crippen molar-refractivity contribution in [3.8, 4) is 0 Å². The van der Waals surface area contributed by atoms with Gasteiger partial charge in [0.1, 0.15) is 5.82 Å². The molecule has 0 amide bonds. The molecule has 0 fully saturated rings. The smallest absolute Gasteiger partial charge is 0.123 e. The quantitative estimate of drug-likeness (QED) is 0.615. The molecule has 0 radical (unpaired) electrons. The third-order valence-electron chi connectivity index (χ3n) is 2.28. The van der Waals surface area contributed by atoms with Gasteiger partial charge in [-0.15, -0.1) is 0 Å². The Kier molecular flexibility index (Phi) is 3.23. The molecule has 0 saturated carbocycles. The maximum Gasteiger partial charge on any atom is 0.123 e. The number of benzene rings is 1. The summed E-state index contributed by atoms with van der Waals surface area (Å²) >= 11 is 0. The third-order valence-corrected chi connectivity index (χ3v) is 2.28. The van der Waals surface area contributed by atoms with Crippen LogP contribution < -0.4 is 0 Å². The SMILES string of the molecule is C=C(C)/C(C)=C/c1ccc(F)cc1C. The van der Waals surface area contributed by atoms with Crippen molar-refractivity contribution in [1.29, 1.82) is 0 Å². The molecule has 0 aromatic heterocycles. The zero-order valence-corrected chi connectivity index (χ0v) is 8.89. The van der Waals surface area contributed by atoms with Crippen LogP contribution in [-0.4, -0.2) is 0 Å². The van der Waals surface area contributed by atoms with Crippen LogP contribution in [0.4, 0.5) is 4.39 Å². The van der Waals surface area contributed by atoms with Crippen molar-refractivity contribution < 1.29 is 4.39 Å². The van der Waals surface area contributed by atoms with E-state index in [4.69, 9.17) is 0 Å². The Morgan fingerprint density at radius 1 is 1.36 bits per heavy atom. The first-order chi connectivity index (χ1) is 6.50. The fourth-order valence-electron chi connectivity index (χ4n) is 1.16. The minimum absolute atomic E-state index is 0.187. The van der Waals surface area contributed by atoms with Crippen molar-refractivity contribution in [2.45, 2.75) is 20.8 Å². The Hall–Kier alpha value is -1.37. The molecule has 0 unspecified atom stereocenters. The molecule has 14 heavy (non-hydrogen) atoms. The predicted octanol–water partition coefficient (Wildman–Crippen LogP) is 4.11. The summed E-state index contributed by atoms with van der Waals surface area (Å²) < 4.78 is 12.8. The average Bonchev–Trinajstić information content (AvgIpc) is 2.09. The van der Waals surface area contributed by atoms with E-state index in [1.54, 1.807) is 6.07 Å². The van der Waals surface area contributed by atoms with Crippen molar-refractivity contribution in [2.75, 3.05) is 0 Å². The van der Waals surface area contributed by atoms with E-state index in [2.05, 4.69) is 6.58 Å². The van der Waals surface area contributed by atoms with Gasteiger partial charge in [-0.2, -0.15) is 0 Å². The van der Waals surface area contributed by atoms with Crippen LogP contribution >= 0.6 is 0 Å². The first-order valence-corrected chi connectivity index (χ1v) is 4.61. The molecule has 0 aliphatic heterocycles. The Morgan fingerprint density at radius 3 is 2.50 bits per heavy atom. The summed E-state index contributed by atoms with van der Waals surface area (Å²) in [6, 6.07) is 4.80. The molecule has 0 heterocycles. The topological polar surface area (TPSA) is 0 Å². The van der Waals surface area contributed by atoms with Gasteiger partial charge in [0.25, 0.3) is 0 Å². The molecule has 0 nitrogen and oxygen atoms in total. The zero-order valence-electron chi connectivity index (χ0n) is 8.89. The molecule has 0 saturated heterocycles. The first-order valence-electron chi connectivity index (χ1n) is 4.61. The molecule has 1 rings (SSSR count). The molecular weight excluding hydrogens is 175 g/mol. The highest BCUT2D eigenvalue weighted by Crippen LogP contribution is 2.16. The largest absolute Gasteiger partial charge is 0.207 e. The average molecular weight is 190 g/mol. The van der Waals surface area contributed by atoms with E-state index in [9.17, 15) is 4.39 Å². The second-order valence-electron chi connectivity index (χ2n) is 3.61. The van der Waals surface area contributed by atoms with Crippen molar-refractivity contribution in [3.63, 3.8) is 0 Å². The number of allylic oxidation sites excluding steroid dienone is 2. The van der Waals surface area contributed by atoms with Crippen LogP contribution in [0.15, 0.2) is 35.9 Å². The monoisotopic (exact) mass is 190 g/mol. The van der Waals surface area contributed by atoms with E-state index in [1.807, 2.05) is 26.8 Å². The molecule has 0 N–H and O–H groups in total. The third kappa shape index (κ3) is 2.56. The summed E-state index contributed by atoms with van der Waals surface area (Å²) in [5.41, 5.74) is 4.16. The summed E-state index contributed by atoms with van der Waals surface area (Å²) in [6.45, 7) is 9.73. The molecule has 1 aromatic rings. The molecule has 1 aromatic carbocycles. The van der Waals surface area contributed by atoms with Crippen molar-refractivity contribution in [1.82, 2.24) is 0 Å². The van der Waals surface area contributed by atoms with Crippen LogP contribution in [0.1, 0.15) is 25.0 Å². The van der Waals surface area contributed by atoms with Gasteiger partial charge in [0, 0.05) is 0 Å². The van der Waals surface area contributed by atoms with E-state index in [1.165, 1.54) is 12.1 Å². The standard InChI is InChI=1S/C13H15F/c1-9(2)10(3)7-12-5-6-13(14)8-11(12)4/h5-8H,1H2,2-4H3/b10-7+. The van der Waals surface area contributed by atoms with Crippen LogP contribution in [0.5, 0.6) is 0 Å². The van der Waals surface area contributed by atoms with Crippen molar-refractivity contribution in [2.24, 2.45) is 0 Å². The van der Waals surface area contributed by atoms with Gasteiger partial charge >= 0.3 is 0 Å². The maximum atomic E-state index is 12.8. The first kappa shape index (κ1) is 10.7. The van der Waals surface area contributed by atoms with Crippen LogP contribution in [-0.2, 0) is 0 Å². The zero-order chi connectivity index (χ0) is 10.7. The van der Waals surface area contributed by atoms with Gasteiger partial charge in [-0.25, -0.2) is 4.39 Å². The Balaban J connectivity index is 3.09. The lowest BCUT2D eigenvalue weighted by Crippen LogP contribution is -1.85. The fourth-order valence-corrected chi connectivity index (χ4v) is 1.16. The van der Waals surface area contributed by atoms with Crippen LogP contribution in [0, 0.1) is 12.7 Å². The Bertz CT molecular complexity index is 386. The Labute approximate surface area is 84.8 Å². The van der Waals surface area contributed by atoms with E-state index >= 15 is 0 Å². The van der Waals surface area contributed by atoms with Gasteiger partial charge in [-0.05, 0) is 49.6 Å². The number of hydrogen-bond donors (Lipinski definition) is 0. The van der Waals surface area contributed by atoms with Crippen LogP contribution in [0.2, 0.25) is 0 Å². The lowest BCUT2D eigenvalue weighted by molar-refractivity contribution is 0.626. The summed E-state index contributed by atoms with van der Waals surface area (Å²) in [7, 11) is 0. The lowest BCUT2D eigenvalue weighted by atomic mass is 10.0. The molecule has 0 aliphatic rings. The highest BCUT2D eigenvalue weighted by Gasteiger charge is 1.98. The summed E-state index contributed by atoms with van der Waals surface area (Å²) in [5, 5.41) is 0. The van der Waals surface area contributed by atoms with Gasteiger partial charge in [-0.3, -0.25) is 0 Å². The number of aryl methyl sites for hydroxylation is 1.